The lowest BCUT2D eigenvalue weighted by molar-refractivity contribution is -0.137. The zero-order valence-electron chi connectivity index (χ0n) is 16.6. The van der Waals surface area contributed by atoms with Gasteiger partial charge in [-0.1, -0.05) is 12.1 Å². The maximum atomic E-state index is 12.7. The molecule has 0 spiro atoms. The van der Waals surface area contributed by atoms with E-state index in [1.165, 1.54) is 12.1 Å². The summed E-state index contributed by atoms with van der Waals surface area (Å²) in [6, 6.07) is 5.23. The third kappa shape index (κ3) is 7.67. The number of halogens is 3. The number of benzene rings is 1. The molecule has 8 heteroatoms. The average molecular weight is 401 g/mol. The van der Waals surface area contributed by atoms with Crippen molar-refractivity contribution in [1.82, 2.24) is 10.2 Å². The van der Waals surface area contributed by atoms with Crippen molar-refractivity contribution in [3.05, 3.63) is 35.4 Å². The molecule has 2 rings (SSSR count). The summed E-state index contributed by atoms with van der Waals surface area (Å²) in [6.07, 6.45) is -1.31. The lowest BCUT2D eigenvalue weighted by atomic mass is 10.1. The molecule has 0 aromatic heterocycles. The number of alkyl halides is 3. The van der Waals surface area contributed by atoms with Crippen LogP contribution in [0.15, 0.2) is 29.3 Å². The van der Waals surface area contributed by atoms with Gasteiger partial charge in [-0.2, -0.15) is 13.2 Å². The lowest BCUT2D eigenvalue weighted by Gasteiger charge is -2.23. The molecular weight excluding hydrogens is 371 g/mol. The summed E-state index contributed by atoms with van der Waals surface area (Å²) in [7, 11) is 1.87. The molecule has 28 heavy (non-hydrogen) atoms. The maximum absolute atomic E-state index is 12.7. The van der Waals surface area contributed by atoms with E-state index in [2.05, 4.69) is 10.3 Å². The molecule has 1 N–H and O–H groups in total. The Balaban J connectivity index is 1.81. The highest BCUT2D eigenvalue weighted by molar-refractivity contribution is 5.79. The van der Waals surface area contributed by atoms with E-state index >= 15 is 0 Å². The van der Waals surface area contributed by atoms with Gasteiger partial charge < -0.3 is 19.7 Å². The summed E-state index contributed by atoms with van der Waals surface area (Å²) in [4.78, 5) is 6.50. The summed E-state index contributed by atoms with van der Waals surface area (Å²) in [6.45, 7) is 6.00. The second kappa shape index (κ2) is 11.3. The van der Waals surface area contributed by atoms with E-state index < -0.39 is 11.7 Å². The SMILES string of the molecule is CCNC(=NCCCOC1CCOCC1)N(C)Cc1ccc(C(F)(F)F)cc1. The van der Waals surface area contributed by atoms with Crippen LogP contribution in [0.4, 0.5) is 13.2 Å². The Hall–Kier alpha value is -1.80. The van der Waals surface area contributed by atoms with Gasteiger partial charge in [0, 0.05) is 46.5 Å². The van der Waals surface area contributed by atoms with Crippen LogP contribution in [-0.4, -0.2) is 56.9 Å². The van der Waals surface area contributed by atoms with Crippen LogP contribution < -0.4 is 5.32 Å². The van der Waals surface area contributed by atoms with Crippen molar-refractivity contribution in [2.45, 2.75) is 45.0 Å². The molecule has 1 heterocycles. The molecule has 1 aliphatic heterocycles. The van der Waals surface area contributed by atoms with Gasteiger partial charge in [0.1, 0.15) is 0 Å². The minimum absolute atomic E-state index is 0.285. The molecule has 1 fully saturated rings. The van der Waals surface area contributed by atoms with Gasteiger partial charge in [-0.3, -0.25) is 4.99 Å². The first-order valence-corrected chi connectivity index (χ1v) is 9.75. The molecule has 1 saturated heterocycles. The van der Waals surface area contributed by atoms with E-state index in [0.717, 1.165) is 62.7 Å². The van der Waals surface area contributed by atoms with Crippen LogP contribution in [0.25, 0.3) is 0 Å². The van der Waals surface area contributed by atoms with Crippen LogP contribution in [0.1, 0.15) is 37.3 Å². The molecule has 0 bridgehead atoms. The molecule has 158 valence electrons. The molecule has 5 nitrogen and oxygen atoms in total. The van der Waals surface area contributed by atoms with Crippen molar-refractivity contribution in [2.24, 2.45) is 4.99 Å². The van der Waals surface area contributed by atoms with Gasteiger partial charge in [0.15, 0.2) is 5.96 Å². The van der Waals surface area contributed by atoms with E-state index in [1.54, 1.807) is 0 Å². The van der Waals surface area contributed by atoms with Crippen LogP contribution in [0.5, 0.6) is 0 Å². The summed E-state index contributed by atoms with van der Waals surface area (Å²) in [5.74, 6) is 0.730. The molecule has 1 aliphatic rings. The maximum Gasteiger partial charge on any atom is 0.416 e. The van der Waals surface area contributed by atoms with Gasteiger partial charge in [-0.25, -0.2) is 0 Å². The Labute approximate surface area is 164 Å². The van der Waals surface area contributed by atoms with E-state index in [0.29, 0.717) is 19.7 Å². The Kier molecular flexibility index (Phi) is 9.05. The van der Waals surface area contributed by atoms with Gasteiger partial charge in [0.2, 0.25) is 0 Å². The monoisotopic (exact) mass is 401 g/mol. The molecular formula is C20H30F3N3O2. The second-order valence-electron chi connectivity index (χ2n) is 6.82. The van der Waals surface area contributed by atoms with Gasteiger partial charge in [-0.15, -0.1) is 0 Å². The fourth-order valence-corrected chi connectivity index (χ4v) is 2.96. The Morgan fingerprint density at radius 3 is 2.54 bits per heavy atom. The topological polar surface area (TPSA) is 46.1 Å². The van der Waals surface area contributed by atoms with Crippen molar-refractivity contribution < 1.29 is 22.6 Å². The highest BCUT2D eigenvalue weighted by Crippen LogP contribution is 2.29. The molecule has 1 aromatic rings. The summed E-state index contributed by atoms with van der Waals surface area (Å²) in [5, 5.41) is 3.22. The normalized spacial score (nSPS) is 16.2. The minimum atomic E-state index is -4.31. The standard InChI is InChI=1S/C20H30F3N3O2/c1-3-24-19(25-11-4-12-28-18-9-13-27-14-10-18)26(2)15-16-5-7-17(8-6-16)20(21,22)23/h5-8,18H,3-4,9-15H2,1-2H3,(H,24,25). The third-order valence-corrected chi connectivity index (χ3v) is 4.48. The number of nitrogens with zero attached hydrogens (tertiary/aromatic N) is 2. The number of ether oxygens (including phenoxy) is 2. The van der Waals surface area contributed by atoms with E-state index in [1.807, 2.05) is 18.9 Å². The molecule has 0 atom stereocenters. The lowest BCUT2D eigenvalue weighted by Crippen LogP contribution is -2.38. The fourth-order valence-electron chi connectivity index (χ4n) is 2.96. The molecule has 0 amide bonds. The van der Waals surface area contributed by atoms with Crippen molar-refractivity contribution in [1.29, 1.82) is 0 Å². The smallest absolute Gasteiger partial charge is 0.381 e. The minimum Gasteiger partial charge on any atom is -0.381 e. The first kappa shape index (κ1) is 22.5. The predicted molar refractivity (Wildman–Crippen MR) is 103 cm³/mol. The van der Waals surface area contributed by atoms with Crippen LogP contribution in [-0.2, 0) is 22.2 Å². The number of hydrogen-bond acceptors (Lipinski definition) is 3. The zero-order valence-corrected chi connectivity index (χ0v) is 16.6. The van der Waals surface area contributed by atoms with Crippen molar-refractivity contribution in [3.8, 4) is 0 Å². The van der Waals surface area contributed by atoms with E-state index in [-0.39, 0.29) is 6.10 Å². The van der Waals surface area contributed by atoms with Crippen molar-refractivity contribution >= 4 is 5.96 Å². The predicted octanol–water partition coefficient (Wildman–Crippen LogP) is 3.69. The number of nitrogens with one attached hydrogen (secondary N) is 1. The first-order chi connectivity index (χ1) is 13.4. The largest absolute Gasteiger partial charge is 0.416 e. The van der Waals surface area contributed by atoms with E-state index in [4.69, 9.17) is 9.47 Å². The number of aliphatic imine (C=N–C) groups is 1. The summed E-state index contributed by atoms with van der Waals surface area (Å²) in [5.41, 5.74) is 0.160. The van der Waals surface area contributed by atoms with Crippen LogP contribution in [0.2, 0.25) is 0 Å². The molecule has 0 unspecified atom stereocenters. The van der Waals surface area contributed by atoms with Gasteiger partial charge >= 0.3 is 6.18 Å². The third-order valence-electron chi connectivity index (χ3n) is 4.48. The summed E-state index contributed by atoms with van der Waals surface area (Å²) >= 11 is 0. The Morgan fingerprint density at radius 1 is 1.25 bits per heavy atom. The average Bonchev–Trinajstić information content (AvgIpc) is 2.67. The number of hydrogen-bond donors (Lipinski definition) is 1. The van der Waals surface area contributed by atoms with Gasteiger partial charge in [0.25, 0.3) is 0 Å². The van der Waals surface area contributed by atoms with Crippen molar-refractivity contribution in [3.63, 3.8) is 0 Å². The van der Waals surface area contributed by atoms with E-state index in [9.17, 15) is 13.2 Å². The number of guanidine groups is 1. The van der Waals surface area contributed by atoms with Gasteiger partial charge in [-0.05, 0) is 43.9 Å². The van der Waals surface area contributed by atoms with Crippen LogP contribution >= 0.6 is 0 Å². The summed E-state index contributed by atoms with van der Waals surface area (Å²) < 4.78 is 49.2. The highest BCUT2D eigenvalue weighted by Gasteiger charge is 2.29. The molecule has 1 aromatic carbocycles. The molecule has 0 saturated carbocycles. The second-order valence-corrected chi connectivity index (χ2v) is 6.82. The van der Waals surface area contributed by atoms with Crippen molar-refractivity contribution in [2.75, 3.05) is 40.0 Å². The molecule has 0 aliphatic carbocycles. The molecule has 0 radical (unpaired) electrons. The van der Waals surface area contributed by atoms with Gasteiger partial charge in [0.05, 0.1) is 11.7 Å². The Bertz CT molecular complexity index is 600. The zero-order chi connectivity index (χ0) is 20.4. The van der Waals surface area contributed by atoms with Crippen LogP contribution in [0.3, 0.4) is 0 Å². The number of rotatable bonds is 8. The van der Waals surface area contributed by atoms with Crippen LogP contribution in [0, 0.1) is 0 Å². The fraction of sp³-hybridized carbons (Fsp3) is 0.650. The highest BCUT2D eigenvalue weighted by atomic mass is 19.4. The first-order valence-electron chi connectivity index (χ1n) is 9.75. The Morgan fingerprint density at radius 2 is 1.93 bits per heavy atom. The quantitative estimate of drug-likeness (QED) is 0.410.